The largest absolute Gasteiger partial charge is 0.480 e. The average molecular weight is 534 g/mol. The molecule has 0 fully saturated rings. The fourth-order valence-corrected chi connectivity index (χ4v) is 3.65. The van der Waals surface area contributed by atoms with Gasteiger partial charge >= 0.3 is 5.97 Å². The van der Waals surface area contributed by atoms with Gasteiger partial charge in [-0.1, -0.05) is 64.4 Å². The van der Waals surface area contributed by atoms with E-state index in [-0.39, 0.29) is 37.2 Å². The van der Waals surface area contributed by atoms with Crippen molar-refractivity contribution < 1.29 is 24.3 Å². The molecule has 12 heteroatoms. The number of carboxylic acid groups (broad SMARTS) is 1. The van der Waals surface area contributed by atoms with Crippen molar-refractivity contribution in [3.8, 4) is 0 Å². The van der Waals surface area contributed by atoms with Gasteiger partial charge in [0.05, 0.1) is 6.04 Å². The number of guanidine groups is 1. The molecule has 1 aromatic rings. The number of nitrogens with zero attached hydrogens (tertiary/aromatic N) is 1. The van der Waals surface area contributed by atoms with E-state index < -0.39 is 47.9 Å². The molecule has 0 radical (unpaired) electrons. The molecule has 0 saturated heterocycles. The zero-order valence-electron chi connectivity index (χ0n) is 22.6. The topological polar surface area (TPSA) is 215 Å². The summed E-state index contributed by atoms with van der Waals surface area (Å²) in [5.74, 6) is -3.48. The number of carbonyl (C=O) groups excluding carboxylic acids is 3. The summed E-state index contributed by atoms with van der Waals surface area (Å²) in [6.07, 6.45) is 1.29. The number of amides is 3. The van der Waals surface area contributed by atoms with Crippen LogP contribution in [0.3, 0.4) is 0 Å². The van der Waals surface area contributed by atoms with Gasteiger partial charge in [0.2, 0.25) is 17.7 Å². The summed E-state index contributed by atoms with van der Waals surface area (Å²) in [5.41, 5.74) is 17.4. The van der Waals surface area contributed by atoms with Crippen LogP contribution in [0.25, 0.3) is 0 Å². The number of hydrogen-bond acceptors (Lipinski definition) is 6. The number of rotatable bonds is 16. The Kier molecular flexibility index (Phi) is 13.8. The first-order valence-electron chi connectivity index (χ1n) is 12.9. The van der Waals surface area contributed by atoms with E-state index >= 15 is 0 Å². The Morgan fingerprint density at radius 3 is 2.05 bits per heavy atom. The van der Waals surface area contributed by atoms with Gasteiger partial charge in [-0.05, 0) is 30.2 Å². The Morgan fingerprint density at radius 2 is 1.53 bits per heavy atom. The van der Waals surface area contributed by atoms with Crippen LogP contribution in [0.4, 0.5) is 0 Å². The van der Waals surface area contributed by atoms with Crippen LogP contribution in [-0.2, 0) is 25.6 Å². The molecule has 0 aliphatic rings. The number of nitrogens with two attached hydrogens (primary N) is 3. The number of aliphatic carboxylic acids is 1. The van der Waals surface area contributed by atoms with Gasteiger partial charge in [0.15, 0.2) is 5.96 Å². The third-order valence-electron chi connectivity index (χ3n) is 6.28. The summed E-state index contributed by atoms with van der Waals surface area (Å²) in [6, 6.07) is 5.10. The molecule has 3 amide bonds. The second-order valence-electron chi connectivity index (χ2n) is 9.74. The molecule has 38 heavy (non-hydrogen) atoms. The molecule has 0 saturated carbocycles. The maximum atomic E-state index is 13.4. The van der Waals surface area contributed by atoms with E-state index in [1.807, 2.05) is 44.2 Å². The SMILES string of the molecule is CCC(C)C(N)C(=O)NC(Cc1ccccc1)C(=O)NC(C(=O)NC(CCCN=C(N)N)C(=O)O)C(C)C. The van der Waals surface area contributed by atoms with Crippen molar-refractivity contribution in [2.24, 2.45) is 34.0 Å². The van der Waals surface area contributed by atoms with Gasteiger partial charge in [-0.3, -0.25) is 19.4 Å². The van der Waals surface area contributed by atoms with Gasteiger partial charge in [0.25, 0.3) is 0 Å². The minimum atomic E-state index is -1.22. The Labute approximate surface area is 224 Å². The van der Waals surface area contributed by atoms with Crippen LogP contribution >= 0.6 is 0 Å². The van der Waals surface area contributed by atoms with Crippen molar-refractivity contribution >= 4 is 29.7 Å². The van der Waals surface area contributed by atoms with Crippen molar-refractivity contribution in [1.82, 2.24) is 16.0 Å². The normalized spacial score (nSPS) is 14.9. The van der Waals surface area contributed by atoms with E-state index in [4.69, 9.17) is 17.2 Å². The highest BCUT2D eigenvalue weighted by atomic mass is 16.4. The number of hydrogen-bond donors (Lipinski definition) is 7. The highest BCUT2D eigenvalue weighted by Crippen LogP contribution is 2.10. The van der Waals surface area contributed by atoms with Gasteiger partial charge in [-0.2, -0.15) is 0 Å². The summed E-state index contributed by atoms with van der Waals surface area (Å²) < 4.78 is 0. The maximum Gasteiger partial charge on any atom is 0.326 e. The number of nitrogens with one attached hydrogen (secondary N) is 3. The lowest BCUT2D eigenvalue weighted by molar-refractivity contribution is -0.142. The Bertz CT molecular complexity index is 951. The monoisotopic (exact) mass is 533 g/mol. The zero-order valence-corrected chi connectivity index (χ0v) is 22.6. The summed E-state index contributed by atoms with van der Waals surface area (Å²) >= 11 is 0. The predicted molar refractivity (Wildman–Crippen MR) is 146 cm³/mol. The van der Waals surface area contributed by atoms with Gasteiger partial charge in [0.1, 0.15) is 18.1 Å². The first-order valence-corrected chi connectivity index (χ1v) is 12.9. The molecule has 0 heterocycles. The molecule has 10 N–H and O–H groups in total. The lowest BCUT2D eigenvalue weighted by Crippen LogP contribution is -2.59. The minimum Gasteiger partial charge on any atom is -0.480 e. The fraction of sp³-hybridized carbons (Fsp3) is 0.577. The fourth-order valence-electron chi connectivity index (χ4n) is 3.65. The van der Waals surface area contributed by atoms with Gasteiger partial charge in [-0.15, -0.1) is 0 Å². The quantitative estimate of drug-likeness (QED) is 0.0859. The molecule has 212 valence electrons. The number of carboxylic acids is 1. The molecule has 12 nitrogen and oxygen atoms in total. The summed E-state index contributed by atoms with van der Waals surface area (Å²) in [6.45, 7) is 7.44. The number of carbonyl (C=O) groups is 4. The van der Waals surface area contributed by atoms with Gasteiger partial charge < -0.3 is 38.3 Å². The van der Waals surface area contributed by atoms with Crippen molar-refractivity contribution in [3.05, 3.63) is 35.9 Å². The van der Waals surface area contributed by atoms with E-state index in [0.717, 1.165) is 5.56 Å². The average Bonchev–Trinajstić information content (AvgIpc) is 2.87. The van der Waals surface area contributed by atoms with Crippen LogP contribution in [0.2, 0.25) is 0 Å². The molecule has 1 rings (SSSR count). The van der Waals surface area contributed by atoms with E-state index in [1.165, 1.54) is 0 Å². The van der Waals surface area contributed by atoms with E-state index in [0.29, 0.717) is 12.8 Å². The second-order valence-corrected chi connectivity index (χ2v) is 9.74. The third kappa shape index (κ3) is 11.2. The lowest BCUT2D eigenvalue weighted by atomic mass is 9.97. The van der Waals surface area contributed by atoms with Crippen molar-refractivity contribution in [1.29, 1.82) is 0 Å². The van der Waals surface area contributed by atoms with Gasteiger partial charge in [-0.25, -0.2) is 4.79 Å². The summed E-state index contributed by atoms with van der Waals surface area (Å²) in [4.78, 5) is 54.7. The van der Waals surface area contributed by atoms with Crippen LogP contribution in [0.5, 0.6) is 0 Å². The Morgan fingerprint density at radius 1 is 0.921 bits per heavy atom. The number of benzene rings is 1. The summed E-state index contributed by atoms with van der Waals surface area (Å²) in [5, 5.41) is 17.5. The van der Waals surface area contributed by atoms with Crippen LogP contribution in [0, 0.1) is 11.8 Å². The van der Waals surface area contributed by atoms with E-state index in [2.05, 4.69) is 20.9 Å². The first-order chi connectivity index (χ1) is 17.9. The molecule has 0 aliphatic carbocycles. The Hall–Kier alpha value is -3.67. The van der Waals surface area contributed by atoms with Crippen molar-refractivity contribution in [3.63, 3.8) is 0 Å². The highest BCUT2D eigenvalue weighted by molar-refractivity contribution is 5.94. The molecule has 0 spiro atoms. The molecule has 0 aromatic heterocycles. The lowest BCUT2D eigenvalue weighted by Gasteiger charge is -2.27. The van der Waals surface area contributed by atoms with E-state index in [1.54, 1.807) is 13.8 Å². The maximum absolute atomic E-state index is 13.4. The minimum absolute atomic E-state index is 0.0930. The van der Waals surface area contributed by atoms with Crippen LogP contribution in [-0.4, -0.2) is 65.5 Å². The Balaban J connectivity index is 3.03. The molecule has 1 aromatic carbocycles. The van der Waals surface area contributed by atoms with Crippen LogP contribution in [0.1, 0.15) is 52.5 Å². The summed E-state index contributed by atoms with van der Waals surface area (Å²) in [7, 11) is 0. The molecule has 5 atom stereocenters. The number of aliphatic imine (C=N–C) groups is 1. The van der Waals surface area contributed by atoms with Gasteiger partial charge in [0, 0.05) is 13.0 Å². The zero-order chi connectivity index (χ0) is 28.8. The standard InChI is InChI=1S/C26H43N7O5/c1-5-16(4)20(27)23(35)32-19(14-17-10-7-6-8-11-17)22(34)33-21(15(2)3)24(36)31-18(25(37)38)12-9-13-30-26(28)29/h6-8,10-11,15-16,18-21H,5,9,12-14,27H2,1-4H3,(H,31,36)(H,32,35)(H,33,34)(H,37,38)(H4,28,29,30). The highest BCUT2D eigenvalue weighted by Gasteiger charge is 2.32. The third-order valence-corrected chi connectivity index (χ3v) is 6.28. The molecular formula is C26H43N7O5. The second kappa shape index (κ2) is 16.2. The van der Waals surface area contributed by atoms with Crippen LogP contribution in [0.15, 0.2) is 35.3 Å². The molecular weight excluding hydrogens is 490 g/mol. The van der Waals surface area contributed by atoms with Crippen molar-refractivity contribution in [2.45, 2.75) is 77.5 Å². The molecule has 0 aliphatic heterocycles. The predicted octanol–water partition coefficient (Wildman–Crippen LogP) is -0.149. The first kappa shape index (κ1) is 32.4. The molecule has 5 unspecified atom stereocenters. The smallest absolute Gasteiger partial charge is 0.326 e. The van der Waals surface area contributed by atoms with Crippen LogP contribution < -0.4 is 33.2 Å². The molecule has 0 bridgehead atoms. The van der Waals surface area contributed by atoms with E-state index in [9.17, 15) is 24.3 Å². The van der Waals surface area contributed by atoms with Crippen molar-refractivity contribution in [2.75, 3.05) is 6.54 Å².